The Hall–Kier alpha value is -0.0800. The van der Waals surface area contributed by atoms with Gasteiger partial charge in [0.15, 0.2) is 0 Å². The van der Waals surface area contributed by atoms with E-state index in [1.165, 1.54) is 25.8 Å². The lowest BCUT2D eigenvalue weighted by Gasteiger charge is -2.14. The van der Waals surface area contributed by atoms with Crippen LogP contribution in [0.3, 0.4) is 0 Å². The van der Waals surface area contributed by atoms with Crippen molar-refractivity contribution in [2.45, 2.75) is 45.6 Å². The molecule has 0 aromatic rings. The molecule has 0 aliphatic carbocycles. The van der Waals surface area contributed by atoms with Gasteiger partial charge in [-0.25, -0.2) is 0 Å². The SMILES string of the molecule is CC(C)CCCCN1CC[C@@H](O)C1. The largest absolute Gasteiger partial charge is 0.392 e. The van der Waals surface area contributed by atoms with E-state index in [0.717, 1.165) is 25.4 Å². The predicted molar refractivity (Wildman–Crippen MR) is 55.8 cm³/mol. The third kappa shape index (κ3) is 4.63. The first-order chi connectivity index (χ1) is 6.18. The van der Waals surface area contributed by atoms with Crippen molar-refractivity contribution in [3.63, 3.8) is 0 Å². The van der Waals surface area contributed by atoms with Crippen LogP contribution >= 0.6 is 0 Å². The summed E-state index contributed by atoms with van der Waals surface area (Å²) in [6.07, 6.45) is 4.90. The smallest absolute Gasteiger partial charge is 0.0679 e. The molecular weight excluding hydrogens is 162 g/mol. The first-order valence-corrected chi connectivity index (χ1v) is 5.59. The Balaban J connectivity index is 1.94. The molecule has 78 valence electrons. The maximum Gasteiger partial charge on any atom is 0.0679 e. The van der Waals surface area contributed by atoms with Crippen molar-refractivity contribution in [3.05, 3.63) is 0 Å². The fraction of sp³-hybridized carbons (Fsp3) is 1.00. The van der Waals surface area contributed by atoms with Crippen molar-refractivity contribution in [3.8, 4) is 0 Å². The van der Waals surface area contributed by atoms with Crippen LogP contribution in [0.15, 0.2) is 0 Å². The average Bonchev–Trinajstić information content (AvgIpc) is 2.45. The molecule has 1 fully saturated rings. The molecule has 1 saturated heterocycles. The van der Waals surface area contributed by atoms with Crippen molar-refractivity contribution in [1.29, 1.82) is 0 Å². The summed E-state index contributed by atoms with van der Waals surface area (Å²) in [7, 11) is 0. The second-order valence-electron chi connectivity index (χ2n) is 4.63. The van der Waals surface area contributed by atoms with Crippen molar-refractivity contribution in [2.75, 3.05) is 19.6 Å². The Bertz CT molecular complexity index is 136. The van der Waals surface area contributed by atoms with E-state index in [-0.39, 0.29) is 6.10 Å². The third-order valence-corrected chi connectivity index (χ3v) is 2.75. The number of rotatable bonds is 5. The molecule has 1 atom stereocenters. The minimum absolute atomic E-state index is 0.0508. The zero-order valence-corrected chi connectivity index (χ0v) is 9.00. The van der Waals surface area contributed by atoms with Gasteiger partial charge in [-0.2, -0.15) is 0 Å². The molecule has 1 rings (SSSR count). The van der Waals surface area contributed by atoms with Crippen LogP contribution in [0.4, 0.5) is 0 Å². The minimum atomic E-state index is -0.0508. The molecule has 0 spiro atoms. The predicted octanol–water partition coefficient (Wildman–Crippen LogP) is 1.88. The highest BCUT2D eigenvalue weighted by atomic mass is 16.3. The average molecular weight is 185 g/mol. The topological polar surface area (TPSA) is 23.5 Å². The Kier molecular flexibility index (Phi) is 4.74. The molecule has 1 aliphatic rings. The number of β-amino-alcohol motifs (C(OH)–C–C–N with tert-alkyl or cyclic N) is 1. The lowest BCUT2D eigenvalue weighted by atomic mass is 10.1. The van der Waals surface area contributed by atoms with Crippen molar-refractivity contribution in [2.24, 2.45) is 5.92 Å². The van der Waals surface area contributed by atoms with Gasteiger partial charge in [-0.15, -0.1) is 0 Å². The molecule has 0 aromatic heterocycles. The molecule has 0 saturated carbocycles. The first kappa shape index (κ1) is 11.0. The van der Waals surface area contributed by atoms with E-state index in [0.29, 0.717) is 0 Å². The summed E-state index contributed by atoms with van der Waals surface area (Å²) >= 11 is 0. The van der Waals surface area contributed by atoms with Crippen LogP contribution in [0.5, 0.6) is 0 Å². The van der Waals surface area contributed by atoms with Gasteiger partial charge in [-0.1, -0.05) is 26.7 Å². The lowest BCUT2D eigenvalue weighted by molar-refractivity contribution is 0.175. The second-order valence-corrected chi connectivity index (χ2v) is 4.63. The van der Waals surface area contributed by atoms with Crippen molar-refractivity contribution < 1.29 is 5.11 Å². The Morgan fingerprint density at radius 2 is 2.15 bits per heavy atom. The molecule has 0 unspecified atom stereocenters. The Labute approximate surface area is 81.9 Å². The molecule has 1 N–H and O–H groups in total. The number of nitrogens with zero attached hydrogens (tertiary/aromatic N) is 1. The number of hydrogen-bond donors (Lipinski definition) is 1. The molecule has 2 heteroatoms. The summed E-state index contributed by atoms with van der Waals surface area (Å²) in [5, 5.41) is 9.30. The van der Waals surface area contributed by atoms with E-state index in [4.69, 9.17) is 0 Å². The lowest BCUT2D eigenvalue weighted by Crippen LogP contribution is -2.23. The number of aliphatic hydroxyl groups is 1. The molecule has 0 amide bonds. The van der Waals surface area contributed by atoms with Gasteiger partial charge in [-0.05, 0) is 25.3 Å². The first-order valence-electron chi connectivity index (χ1n) is 5.59. The van der Waals surface area contributed by atoms with E-state index in [9.17, 15) is 5.11 Å². The summed E-state index contributed by atoms with van der Waals surface area (Å²) in [5.74, 6) is 0.837. The van der Waals surface area contributed by atoms with E-state index < -0.39 is 0 Å². The molecule has 0 bridgehead atoms. The van der Waals surface area contributed by atoms with E-state index in [2.05, 4.69) is 18.7 Å². The van der Waals surface area contributed by atoms with Gasteiger partial charge in [-0.3, -0.25) is 0 Å². The van der Waals surface area contributed by atoms with E-state index in [1.54, 1.807) is 0 Å². The number of likely N-dealkylation sites (tertiary alicyclic amines) is 1. The molecule has 0 aromatic carbocycles. The minimum Gasteiger partial charge on any atom is -0.392 e. The van der Waals surface area contributed by atoms with E-state index >= 15 is 0 Å². The van der Waals surface area contributed by atoms with Crippen LogP contribution in [0, 0.1) is 5.92 Å². The van der Waals surface area contributed by atoms with Crippen LogP contribution in [-0.4, -0.2) is 35.7 Å². The van der Waals surface area contributed by atoms with Crippen LogP contribution in [0.2, 0.25) is 0 Å². The summed E-state index contributed by atoms with van der Waals surface area (Å²) in [5.41, 5.74) is 0. The highest BCUT2D eigenvalue weighted by molar-refractivity contribution is 4.73. The third-order valence-electron chi connectivity index (χ3n) is 2.75. The summed E-state index contributed by atoms with van der Waals surface area (Å²) in [4.78, 5) is 2.38. The Morgan fingerprint density at radius 3 is 2.69 bits per heavy atom. The normalized spacial score (nSPS) is 24.5. The highest BCUT2D eigenvalue weighted by Crippen LogP contribution is 2.11. The Morgan fingerprint density at radius 1 is 1.38 bits per heavy atom. The zero-order chi connectivity index (χ0) is 9.68. The van der Waals surface area contributed by atoms with Gasteiger partial charge in [0.25, 0.3) is 0 Å². The van der Waals surface area contributed by atoms with Gasteiger partial charge in [0.1, 0.15) is 0 Å². The fourth-order valence-electron chi connectivity index (χ4n) is 1.90. The highest BCUT2D eigenvalue weighted by Gasteiger charge is 2.18. The van der Waals surface area contributed by atoms with Gasteiger partial charge in [0.2, 0.25) is 0 Å². The summed E-state index contributed by atoms with van der Waals surface area (Å²) in [6, 6.07) is 0. The van der Waals surface area contributed by atoms with Gasteiger partial charge >= 0.3 is 0 Å². The maximum atomic E-state index is 9.30. The van der Waals surface area contributed by atoms with Gasteiger partial charge in [0.05, 0.1) is 6.10 Å². The van der Waals surface area contributed by atoms with Crippen LogP contribution in [0.25, 0.3) is 0 Å². The zero-order valence-electron chi connectivity index (χ0n) is 9.00. The fourth-order valence-corrected chi connectivity index (χ4v) is 1.90. The molecule has 1 aliphatic heterocycles. The molecule has 2 nitrogen and oxygen atoms in total. The van der Waals surface area contributed by atoms with E-state index in [1.807, 2.05) is 0 Å². The number of unbranched alkanes of at least 4 members (excludes halogenated alkanes) is 1. The molecule has 13 heavy (non-hydrogen) atoms. The second kappa shape index (κ2) is 5.61. The number of aliphatic hydroxyl groups excluding tert-OH is 1. The van der Waals surface area contributed by atoms with Gasteiger partial charge < -0.3 is 10.0 Å². The molecular formula is C11H23NO. The standard InChI is InChI=1S/C11H23NO/c1-10(2)5-3-4-7-12-8-6-11(13)9-12/h10-11,13H,3-9H2,1-2H3/t11-/m1/s1. The molecule has 1 heterocycles. The molecule has 0 radical (unpaired) electrons. The van der Waals surface area contributed by atoms with Crippen LogP contribution < -0.4 is 0 Å². The monoisotopic (exact) mass is 185 g/mol. The quantitative estimate of drug-likeness (QED) is 0.661. The van der Waals surface area contributed by atoms with Gasteiger partial charge in [0, 0.05) is 13.1 Å². The van der Waals surface area contributed by atoms with Crippen molar-refractivity contribution in [1.82, 2.24) is 4.90 Å². The number of hydrogen-bond acceptors (Lipinski definition) is 2. The van der Waals surface area contributed by atoms with Crippen LogP contribution in [-0.2, 0) is 0 Å². The summed E-state index contributed by atoms with van der Waals surface area (Å²) < 4.78 is 0. The van der Waals surface area contributed by atoms with Crippen LogP contribution in [0.1, 0.15) is 39.5 Å². The summed E-state index contributed by atoms with van der Waals surface area (Å²) in [6.45, 7) is 7.74. The maximum absolute atomic E-state index is 9.30. The van der Waals surface area contributed by atoms with Crippen molar-refractivity contribution >= 4 is 0 Å².